The largest absolute Gasteiger partial charge is 0.391 e. The second-order valence-electron chi connectivity index (χ2n) is 13.1. The van der Waals surface area contributed by atoms with Gasteiger partial charge in [-0.3, -0.25) is 0 Å². The number of hydrogen-bond acceptors (Lipinski definition) is 3. The van der Waals surface area contributed by atoms with Crippen molar-refractivity contribution >= 4 is 0 Å². The van der Waals surface area contributed by atoms with Gasteiger partial charge in [0.15, 0.2) is 0 Å². The van der Waals surface area contributed by atoms with Crippen LogP contribution in [0.25, 0.3) is 0 Å². The van der Waals surface area contributed by atoms with Crippen LogP contribution in [0.3, 0.4) is 0 Å². The lowest BCUT2D eigenvalue weighted by Gasteiger charge is -2.62. The zero-order valence-corrected chi connectivity index (χ0v) is 22.3. The van der Waals surface area contributed by atoms with Gasteiger partial charge in [-0.15, -0.1) is 0 Å². The number of likely N-dealkylation sites (N-methyl/N-ethyl adjacent to an activating group) is 1. The molecule has 6 unspecified atom stereocenters. The molecule has 3 saturated carbocycles. The number of nitrogens with zero attached hydrogens (tertiary/aromatic N) is 2. The lowest BCUT2D eigenvalue weighted by Crippen LogP contribution is -2.59. The van der Waals surface area contributed by atoms with Crippen LogP contribution in [0.5, 0.6) is 0 Å². The van der Waals surface area contributed by atoms with Gasteiger partial charge >= 0.3 is 0 Å². The van der Waals surface area contributed by atoms with E-state index in [-0.39, 0.29) is 17.6 Å². The number of unbranched alkanes of at least 4 members (excludes halogenated alkanes) is 1. The Morgan fingerprint density at radius 3 is 2.44 bits per heavy atom. The number of hydrogen-bond donors (Lipinski definition) is 1. The summed E-state index contributed by atoms with van der Waals surface area (Å²) in [7, 11) is 2.22. The van der Waals surface area contributed by atoms with Gasteiger partial charge in [0.05, 0.1) is 6.10 Å². The van der Waals surface area contributed by atoms with Crippen LogP contribution in [-0.2, 0) is 0 Å². The normalized spacial score (nSPS) is 44.8. The molecule has 4 fully saturated rings. The molecule has 1 saturated heterocycles. The minimum absolute atomic E-state index is 0.0489. The molecule has 0 bridgehead atoms. The van der Waals surface area contributed by atoms with Gasteiger partial charge in [0, 0.05) is 12.1 Å². The molecule has 1 N–H and O–H groups in total. The highest BCUT2D eigenvalue weighted by molar-refractivity contribution is 5.08. The van der Waals surface area contributed by atoms with Crippen molar-refractivity contribution in [2.24, 2.45) is 34.5 Å². The van der Waals surface area contributed by atoms with Crippen molar-refractivity contribution in [3.63, 3.8) is 0 Å². The second kappa shape index (κ2) is 9.86. The average Bonchev–Trinajstić information content (AvgIpc) is 3.33. The highest BCUT2D eigenvalue weighted by Gasteiger charge is 2.58. The standard InChI is InChI=1S/C29H54N2O/c1-7-8-17-30(6)22(3)27(32)28(4)16-15-26-25(21(28)2)14-12-23-11-13-24(20-29(23,26)5)31-18-9-10-19-31/h21-27,32H,7-20H2,1-6H3/t21?,22-,23?,24?,25?,26?,27?,28-,29-/m0/s1. The monoisotopic (exact) mass is 446 g/mol. The van der Waals surface area contributed by atoms with Gasteiger partial charge in [0.25, 0.3) is 0 Å². The van der Waals surface area contributed by atoms with E-state index in [1.807, 2.05) is 0 Å². The first-order valence-corrected chi connectivity index (χ1v) is 14.3. The van der Waals surface area contributed by atoms with Crippen LogP contribution in [0.2, 0.25) is 0 Å². The van der Waals surface area contributed by atoms with Crippen LogP contribution in [0, 0.1) is 34.5 Å². The Morgan fingerprint density at radius 1 is 1.06 bits per heavy atom. The summed E-state index contributed by atoms with van der Waals surface area (Å²) in [6, 6.07) is 1.09. The highest BCUT2D eigenvalue weighted by atomic mass is 16.3. The number of rotatable bonds is 7. The molecule has 3 heteroatoms. The zero-order chi connectivity index (χ0) is 23.1. The first-order valence-electron chi connectivity index (χ1n) is 14.3. The summed E-state index contributed by atoms with van der Waals surface area (Å²) in [5.41, 5.74) is 0.575. The van der Waals surface area contributed by atoms with Crippen molar-refractivity contribution in [1.29, 1.82) is 0 Å². The summed E-state index contributed by atoms with van der Waals surface area (Å²) in [4.78, 5) is 5.26. The number of aliphatic hydroxyl groups excluding tert-OH is 1. The Kier molecular flexibility index (Phi) is 7.70. The first-order chi connectivity index (χ1) is 15.2. The van der Waals surface area contributed by atoms with Crippen LogP contribution in [-0.4, -0.2) is 59.8 Å². The third-order valence-corrected chi connectivity index (χ3v) is 11.7. The minimum Gasteiger partial charge on any atom is -0.391 e. The molecule has 0 amide bonds. The molecular formula is C29H54N2O. The van der Waals surface area contributed by atoms with Gasteiger partial charge in [0.2, 0.25) is 0 Å². The van der Waals surface area contributed by atoms with E-state index in [9.17, 15) is 5.11 Å². The first kappa shape index (κ1) is 25.0. The van der Waals surface area contributed by atoms with Crippen LogP contribution < -0.4 is 0 Å². The Labute approximate surface area is 199 Å². The van der Waals surface area contributed by atoms with Crippen LogP contribution in [0.1, 0.15) is 105 Å². The van der Waals surface area contributed by atoms with Crippen molar-refractivity contribution in [3.8, 4) is 0 Å². The molecule has 32 heavy (non-hydrogen) atoms. The summed E-state index contributed by atoms with van der Waals surface area (Å²) >= 11 is 0. The fourth-order valence-electron chi connectivity index (χ4n) is 9.08. The van der Waals surface area contributed by atoms with Crippen molar-refractivity contribution in [1.82, 2.24) is 9.80 Å². The number of aliphatic hydroxyl groups is 1. The van der Waals surface area contributed by atoms with Gasteiger partial charge in [-0.05, 0) is 132 Å². The topological polar surface area (TPSA) is 26.7 Å². The van der Waals surface area contributed by atoms with Crippen LogP contribution in [0.15, 0.2) is 0 Å². The molecule has 0 spiro atoms. The molecule has 0 aromatic rings. The Morgan fingerprint density at radius 2 is 1.75 bits per heavy atom. The van der Waals surface area contributed by atoms with Gasteiger partial charge in [0.1, 0.15) is 0 Å². The van der Waals surface area contributed by atoms with Gasteiger partial charge in [-0.25, -0.2) is 0 Å². The van der Waals surface area contributed by atoms with E-state index in [1.54, 1.807) is 0 Å². The molecule has 4 aliphatic rings. The van der Waals surface area contributed by atoms with Crippen molar-refractivity contribution < 1.29 is 5.11 Å². The lowest BCUT2D eigenvalue weighted by molar-refractivity contribution is -0.155. The molecule has 3 aliphatic carbocycles. The molecule has 4 rings (SSSR count). The van der Waals surface area contributed by atoms with E-state index in [0.29, 0.717) is 11.3 Å². The van der Waals surface area contributed by atoms with Crippen molar-refractivity contribution in [2.45, 2.75) is 123 Å². The van der Waals surface area contributed by atoms with Crippen molar-refractivity contribution in [2.75, 3.05) is 26.7 Å². The van der Waals surface area contributed by atoms with Crippen LogP contribution >= 0.6 is 0 Å². The lowest BCUT2D eigenvalue weighted by atomic mass is 9.44. The van der Waals surface area contributed by atoms with Crippen LogP contribution in [0.4, 0.5) is 0 Å². The molecule has 0 aromatic carbocycles. The molecule has 3 nitrogen and oxygen atoms in total. The van der Waals surface area contributed by atoms with Gasteiger partial charge < -0.3 is 14.9 Å². The maximum atomic E-state index is 11.7. The Balaban J connectivity index is 1.48. The minimum atomic E-state index is -0.227. The number of likely N-dealkylation sites (tertiary alicyclic amines) is 1. The van der Waals surface area contributed by atoms with E-state index >= 15 is 0 Å². The quantitative estimate of drug-likeness (QED) is 0.504. The summed E-state index contributed by atoms with van der Waals surface area (Å²) in [5.74, 6) is 3.23. The second-order valence-corrected chi connectivity index (χ2v) is 13.1. The predicted octanol–water partition coefficient (Wildman–Crippen LogP) is 6.20. The smallest absolute Gasteiger partial charge is 0.0748 e. The molecule has 1 heterocycles. The van der Waals surface area contributed by atoms with E-state index in [1.165, 1.54) is 83.7 Å². The molecule has 186 valence electrons. The molecule has 9 atom stereocenters. The fourth-order valence-corrected chi connectivity index (χ4v) is 9.08. The van der Waals surface area contributed by atoms with E-state index in [4.69, 9.17) is 0 Å². The molecular weight excluding hydrogens is 392 g/mol. The van der Waals surface area contributed by atoms with Gasteiger partial charge in [-0.1, -0.05) is 34.1 Å². The maximum absolute atomic E-state index is 11.7. The third kappa shape index (κ3) is 4.33. The Bertz CT molecular complexity index is 618. The summed E-state index contributed by atoms with van der Waals surface area (Å²) in [5, 5.41) is 11.7. The number of fused-ring (bicyclic) bond motifs is 3. The highest BCUT2D eigenvalue weighted by Crippen LogP contribution is 2.64. The van der Waals surface area contributed by atoms with E-state index in [2.05, 4.69) is 51.5 Å². The summed E-state index contributed by atoms with van der Waals surface area (Å²) < 4.78 is 0. The molecule has 1 aliphatic heterocycles. The zero-order valence-electron chi connectivity index (χ0n) is 22.3. The van der Waals surface area contributed by atoms with E-state index in [0.717, 1.165) is 30.3 Å². The van der Waals surface area contributed by atoms with E-state index < -0.39 is 0 Å². The summed E-state index contributed by atoms with van der Waals surface area (Å²) in [6.07, 6.45) is 14.8. The Hall–Kier alpha value is -0.120. The third-order valence-electron chi connectivity index (χ3n) is 11.7. The maximum Gasteiger partial charge on any atom is 0.0748 e. The van der Waals surface area contributed by atoms with Crippen molar-refractivity contribution in [3.05, 3.63) is 0 Å². The SMILES string of the molecule is CCCCN(C)[C@@H](C)C(O)[C@@]1(C)CCC2C(CCC3CCC(N4CCCC4)C[C@@]32C)C1C. The van der Waals surface area contributed by atoms with Gasteiger partial charge in [-0.2, -0.15) is 0 Å². The molecule has 0 radical (unpaired) electrons. The summed E-state index contributed by atoms with van der Waals surface area (Å²) in [6.45, 7) is 16.0. The predicted molar refractivity (Wildman–Crippen MR) is 136 cm³/mol. The fraction of sp³-hybridized carbons (Fsp3) is 1.00. The average molecular weight is 447 g/mol. The molecule has 0 aromatic heterocycles.